The molecule has 1 fully saturated rings. The minimum Gasteiger partial charge on any atom is -0.494 e. The van der Waals surface area contributed by atoms with Gasteiger partial charge in [-0.1, -0.05) is 25.8 Å². The van der Waals surface area contributed by atoms with Crippen molar-refractivity contribution in [1.82, 2.24) is 9.88 Å². The lowest BCUT2D eigenvalue weighted by molar-refractivity contribution is 0.0709. The van der Waals surface area contributed by atoms with Crippen LogP contribution in [0.25, 0.3) is 0 Å². The maximum absolute atomic E-state index is 12.9. The van der Waals surface area contributed by atoms with Crippen molar-refractivity contribution in [2.45, 2.75) is 45.1 Å². The maximum atomic E-state index is 12.9. The Hall–Kier alpha value is -2.56. The molecule has 5 nitrogen and oxygen atoms in total. The van der Waals surface area contributed by atoms with E-state index in [4.69, 9.17) is 4.74 Å². The van der Waals surface area contributed by atoms with Crippen molar-refractivity contribution in [3.63, 3.8) is 0 Å². The van der Waals surface area contributed by atoms with E-state index in [1.165, 1.54) is 12.8 Å². The monoisotopic (exact) mass is 381 g/mol. The molecule has 28 heavy (non-hydrogen) atoms. The molecule has 0 N–H and O–H groups in total. The fraction of sp³-hybridized carbons (Fsp3) is 0.478. The van der Waals surface area contributed by atoms with Gasteiger partial charge in [0.2, 0.25) is 0 Å². The summed E-state index contributed by atoms with van der Waals surface area (Å²) in [5.74, 6) is 1.93. The first kappa shape index (κ1) is 20.2. The summed E-state index contributed by atoms with van der Waals surface area (Å²) in [6.45, 7) is 4.75. The number of unbranched alkanes of at least 4 members (excludes halogenated alkanes) is 2. The Kier molecular flexibility index (Phi) is 7.29. The number of amides is 1. The summed E-state index contributed by atoms with van der Waals surface area (Å²) in [6.07, 6.45) is 7.17. The molecule has 3 rings (SSSR count). The second kappa shape index (κ2) is 10.1. The van der Waals surface area contributed by atoms with Gasteiger partial charge >= 0.3 is 0 Å². The van der Waals surface area contributed by atoms with Gasteiger partial charge in [0.25, 0.3) is 5.91 Å². The van der Waals surface area contributed by atoms with Gasteiger partial charge in [-0.25, -0.2) is 4.98 Å². The molecule has 0 radical (unpaired) electrons. The molecule has 0 saturated carbocycles. The summed E-state index contributed by atoms with van der Waals surface area (Å²) in [5, 5.41) is 0. The molecule has 0 bridgehead atoms. The van der Waals surface area contributed by atoms with Crippen LogP contribution in [0.3, 0.4) is 0 Å². The topological polar surface area (TPSA) is 45.7 Å². The third-order valence-electron chi connectivity index (χ3n) is 5.42. The van der Waals surface area contributed by atoms with Gasteiger partial charge in [-0.15, -0.1) is 0 Å². The number of hydrogen-bond acceptors (Lipinski definition) is 4. The van der Waals surface area contributed by atoms with Crippen LogP contribution in [0, 0.1) is 0 Å². The number of hydrogen-bond donors (Lipinski definition) is 0. The van der Waals surface area contributed by atoms with Crippen LogP contribution in [-0.4, -0.2) is 48.6 Å². The number of nitrogens with zero attached hydrogens (tertiary/aromatic N) is 3. The van der Waals surface area contributed by atoms with Gasteiger partial charge in [0.15, 0.2) is 0 Å². The van der Waals surface area contributed by atoms with E-state index in [1.54, 1.807) is 0 Å². The molecule has 1 aromatic carbocycles. The predicted octanol–water partition coefficient (Wildman–Crippen LogP) is 4.39. The van der Waals surface area contributed by atoms with Crippen LogP contribution in [-0.2, 0) is 0 Å². The van der Waals surface area contributed by atoms with Gasteiger partial charge < -0.3 is 14.5 Å². The molecule has 1 aromatic heterocycles. The highest BCUT2D eigenvalue weighted by atomic mass is 16.5. The Bertz CT molecular complexity index is 725. The summed E-state index contributed by atoms with van der Waals surface area (Å²) in [7, 11) is 1.92. The molecular formula is C23H31N3O2. The maximum Gasteiger partial charge on any atom is 0.253 e. The summed E-state index contributed by atoms with van der Waals surface area (Å²) in [5.41, 5.74) is 0.718. The average molecular weight is 382 g/mol. The van der Waals surface area contributed by atoms with Crippen molar-refractivity contribution < 1.29 is 9.53 Å². The Morgan fingerprint density at radius 1 is 1.14 bits per heavy atom. The van der Waals surface area contributed by atoms with Crippen molar-refractivity contribution in [3.8, 4) is 5.75 Å². The third-order valence-corrected chi connectivity index (χ3v) is 5.42. The zero-order valence-electron chi connectivity index (χ0n) is 17.0. The van der Waals surface area contributed by atoms with Crippen molar-refractivity contribution in [3.05, 3.63) is 54.2 Å². The van der Waals surface area contributed by atoms with Crippen molar-refractivity contribution >= 4 is 11.7 Å². The normalized spacial score (nSPS) is 14.7. The first-order valence-corrected chi connectivity index (χ1v) is 10.3. The van der Waals surface area contributed by atoms with Crippen molar-refractivity contribution in [1.29, 1.82) is 0 Å². The first-order valence-electron chi connectivity index (χ1n) is 10.3. The lowest BCUT2D eigenvalue weighted by atomic mass is 10.0. The van der Waals surface area contributed by atoms with Crippen LogP contribution < -0.4 is 9.64 Å². The lowest BCUT2D eigenvalue weighted by Gasteiger charge is -2.37. The number of carbonyl (C=O) groups is 1. The molecular weight excluding hydrogens is 350 g/mol. The molecule has 150 valence electrons. The van der Waals surface area contributed by atoms with E-state index in [9.17, 15) is 4.79 Å². The van der Waals surface area contributed by atoms with Gasteiger partial charge in [0.05, 0.1) is 6.61 Å². The van der Waals surface area contributed by atoms with E-state index in [0.717, 1.165) is 56.1 Å². The molecule has 0 aliphatic carbocycles. The van der Waals surface area contributed by atoms with E-state index in [-0.39, 0.29) is 11.9 Å². The number of carbonyl (C=O) groups excluding carboxylic acids is 1. The Morgan fingerprint density at radius 2 is 1.89 bits per heavy atom. The van der Waals surface area contributed by atoms with Crippen LogP contribution in [0.15, 0.2) is 48.7 Å². The van der Waals surface area contributed by atoms with Crippen LogP contribution in [0.2, 0.25) is 0 Å². The highest BCUT2D eigenvalue weighted by Gasteiger charge is 2.26. The second-order valence-corrected chi connectivity index (χ2v) is 7.40. The van der Waals surface area contributed by atoms with Gasteiger partial charge in [-0.05, 0) is 55.7 Å². The van der Waals surface area contributed by atoms with Crippen LogP contribution in [0.4, 0.5) is 5.82 Å². The molecule has 2 aromatic rings. The number of aromatic nitrogens is 1. The average Bonchev–Trinajstić information content (AvgIpc) is 2.77. The van der Waals surface area contributed by atoms with E-state index in [0.29, 0.717) is 0 Å². The number of rotatable bonds is 8. The Balaban J connectivity index is 1.50. The zero-order chi connectivity index (χ0) is 19.8. The number of pyridine rings is 1. The molecule has 1 amide bonds. The fourth-order valence-corrected chi connectivity index (χ4v) is 3.63. The smallest absolute Gasteiger partial charge is 0.253 e. The number of anilines is 1. The molecule has 0 atom stereocenters. The molecule has 1 aliphatic rings. The van der Waals surface area contributed by atoms with Crippen LogP contribution >= 0.6 is 0 Å². The number of piperidine rings is 1. The SMILES string of the molecule is CCCCCOc1ccc(C(=O)N(C)C2CCN(c3ccccn3)CC2)cc1. The summed E-state index contributed by atoms with van der Waals surface area (Å²) in [6, 6.07) is 13.8. The number of ether oxygens (including phenoxy) is 1. The van der Waals surface area contributed by atoms with Crippen LogP contribution in [0.5, 0.6) is 5.75 Å². The van der Waals surface area contributed by atoms with Gasteiger partial charge in [0, 0.05) is 37.9 Å². The molecule has 1 saturated heterocycles. The van der Waals surface area contributed by atoms with Crippen molar-refractivity contribution in [2.24, 2.45) is 0 Å². The first-order chi connectivity index (χ1) is 13.7. The summed E-state index contributed by atoms with van der Waals surface area (Å²) in [4.78, 5) is 21.5. The highest BCUT2D eigenvalue weighted by molar-refractivity contribution is 5.94. The van der Waals surface area contributed by atoms with E-state index >= 15 is 0 Å². The fourth-order valence-electron chi connectivity index (χ4n) is 3.63. The molecule has 2 heterocycles. The van der Waals surface area contributed by atoms with Gasteiger partial charge in [0.1, 0.15) is 11.6 Å². The quantitative estimate of drug-likeness (QED) is 0.636. The highest BCUT2D eigenvalue weighted by Crippen LogP contribution is 2.22. The largest absolute Gasteiger partial charge is 0.494 e. The zero-order valence-corrected chi connectivity index (χ0v) is 17.0. The predicted molar refractivity (Wildman–Crippen MR) is 113 cm³/mol. The summed E-state index contributed by atoms with van der Waals surface area (Å²) < 4.78 is 5.74. The Labute approximate surface area is 168 Å². The lowest BCUT2D eigenvalue weighted by Crippen LogP contribution is -2.45. The standard InChI is InChI=1S/C23H31N3O2/c1-3-4-7-18-28-21-11-9-19(10-12-21)23(27)25(2)20-13-16-26(17-14-20)22-8-5-6-15-24-22/h5-6,8-12,15,20H,3-4,7,13-14,16-18H2,1-2H3. The number of benzene rings is 1. The summed E-state index contributed by atoms with van der Waals surface area (Å²) >= 11 is 0. The molecule has 1 aliphatic heterocycles. The minimum absolute atomic E-state index is 0.0776. The van der Waals surface area contributed by atoms with Crippen molar-refractivity contribution in [2.75, 3.05) is 31.6 Å². The van der Waals surface area contributed by atoms with Gasteiger partial charge in [-0.3, -0.25) is 4.79 Å². The van der Waals surface area contributed by atoms with Gasteiger partial charge in [-0.2, -0.15) is 0 Å². The van der Waals surface area contributed by atoms with E-state index < -0.39 is 0 Å². The Morgan fingerprint density at radius 3 is 2.54 bits per heavy atom. The minimum atomic E-state index is 0.0776. The molecule has 0 unspecified atom stereocenters. The second-order valence-electron chi connectivity index (χ2n) is 7.40. The van der Waals surface area contributed by atoms with E-state index in [1.807, 2.05) is 60.6 Å². The van der Waals surface area contributed by atoms with E-state index in [2.05, 4.69) is 16.8 Å². The van der Waals surface area contributed by atoms with Crippen LogP contribution in [0.1, 0.15) is 49.4 Å². The molecule has 0 spiro atoms. The third kappa shape index (κ3) is 5.24. The molecule has 5 heteroatoms.